The molecule has 1 aliphatic rings. The average Bonchev–Trinajstić information content (AvgIpc) is 2.02. The minimum Gasteiger partial charge on any atom is -0.205 e. The molecule has 13 heavy (non-hydrogen) atoms. The summed E-state index contributed by atoms with van der Waals surface area (Å²) in [4.78, 5) is 0. The predicted molar refractivity (Wildman–Crippen MR) is 54.5 cm³/mol. The maximum Gasteiger partial charge on any atom is 0.249 e. The Labute approximate surface area is 80.3 Å². The van der Waals surface area contributed by atoms with E-state index < -0.39 is 10.0 Å². The third-order valence-corrected chi connectivity index (χ3v) is 3.03. The molecule has 4 heteroatoms. The van der Waals surface area contributed by atoms with Gasteiger partial charge in [0.15, 0.2) is 0 Å². The van der Waals surface area contributed by atoms with Crippen molar-refractivity contribution in [2.24, 2.45) is 16.2 Å². The summed E-state index contributed by atoms with van der Waals surface area (Å²) in [6.07, 6.45) is 7.30. The van der Waals surface area contributed by atoms with Gasteiger partial charge in [-0.25, -0.2) is 8.42 Å². The van der Waals surface area contributed by atoms with Crippen LogP contribution >= 0.6 is 0 Å². The van der Waals surface area contributed by atoms with Gasteiger partial charge >= 0.3 is 0 Å². The zero-order valence-corrected chi connectivity index (χ0v) is 9.05. The fraction of sp³-hybridized carbons (Fsp3) is 0.889. The van der Waals surface area contributed by atoms with Crippen molar-refractivity contribution in [3.05, 3.63) is 0 Å². The van der Waals surface area contributed by atoms with Gasteiger partial charge < -0.3 is 0 Å². The van der Waals surface area contributed by atoms with Crippen LogP contribution in [0.1, 0.15) is 32.6 Å². The van der Waals surface area contributed by atoms with E-state index >= 15 is 0 Å². The van der Waals surface area contributed by atoms with Gasteiger partial charge in [-0.15, -0.1) is 0 Å². The molecule has 0 radical (unpaired) electrons. The highest BCUT2D eigenvalue weighted by atomic mass is 32.2. The molecule has 0 spiro atoms. The van der Waals surface area contributed by atoms with Crippen LogP contribution in [0.15, 0.2) is 4.40 Å². The van der Waals surface area contributed by atoms with Gasteiger partial charge in [-0.1, -0.05) is 19.8 Å². The van der Waals surface area contributed by atoms with Crippen LogP contribution in [-0.4, -0.2) is 20.9 Å². The van der Waals surface area contributed by atoms with E-state index in [1.807, 2.05) is 0 Å². The van der Waals surface area contributed by atoms with Gasteiger partial charge in [0.2, 0.25) is 10.0 Å². The highest BCUT2D eigenvalue weighted by molar-refractivity contribution is 7.89. The molecule has 76 valence electrons. The van der Waals surface area contributed by atoms with Crippen LogP contribution in [0.4, 0.5) is 0 Å². The van der Waals surface area contributed by atoms with Crippen LogP contribution in [0.25, 0.3) is 0 Å². The van der Waals surface area contributed by atoms with Gasteiger partial charge in [0.1, 0.15) is 0 Å². The van der Waals surface area contributed by atoms with Gasteiger partial charge in [0, 0.05) is 6.21 Å². The molecular formula is C9H17NO2S. The smallest absolute Gasteiger partial charge is 0.205 e. The molecule has 1 aliphatic carbocycles. The molecule has 0 aliphatic heterocycles. The maximum atomic E-state index is 10.7. The van der Waals surface area contributed by atoms with Crippen molar-refractivity contribution in [2.75, 3.05) is 6.26 Å². The van der Waals surface area contributed by atoms with Crippen LogP contribution in [0, 0.1) is 11.8 Å². The lowest BCUT2D eigenvalue weighted by Crippen LogP contribution is -2.13. The second-order valence-corrected chi connectivity index (χ2v) is 5.68. The molecule has 1 rings (SSSR count). The van der Waals surface area contributed by atoms with Gasteiger partial charge in [-0.05, 0) is 24.7 Å². The van der Waals surface area contributed by atoms with Crippen LogP contribution in [0.5, 0.6) is 0 Å². The first-order valence-corrected chi connectivity index (χ1v) is 6.57. The Hall–Kier alpha value is -0.380. The minimum absolute atomic E-state index is 0.380. The number of sulfonamides is 1. The maximum absolute atomic E-state index is 10.7. The summed E-state index contributed by atoms with van der Waals surface area (Å²) in [6.45, 7) is 2.24. The van der Waals surface area contributed by atoms with E-state index in [1.54, 1.807) is 6.21 Å². The third-order valence-electron chi connectivity index (χ3n) is 2.52. The molecule has 0 saturated heterocycles. The van der Waals surface area contributed by atoms with Gasteiger partial charge in [-0.2, -0.15) is 4.40 Å². The quantitative estimate of drug-likeness (QED) is 0.643. The van der Waals surface area contributed by atoms with Crippen LogP contribution < -0.4 is 0 Å². The first kappa shape index (κ1) is 10.7. The summed E-state index contributed by atoms with van der Waals surface area (Å²) in [5.74, 6) is 1.17. The van der Waals surface area contributed by atoms with Crippen LogP contribution in [0.3, 0.4) is 0 Å². The van der Waals surface area contributed by atoms with Crippen molar-refractivity contribution in [3.8, 4) is 0 Å². The summed E-state index contributed by atoms with van der Waals surface area (Å²) in [6, 6.07) is 0. The minimum atomic E-state index is -3.17. The Bertz CT molecular complexity index is 274. The Kier molecular flexibility index (Phi) is 3.47. The zero-order chi connectivity index (χ0) is 9.90. The molecule has 3 nitrogen and oxygen atoms in total. The fourth-order valence-electron chi connectivity index (χ4n) is 1.63. The van der Waals surface area contributed by atoms with E-state index in [9.17, 15) is 8.42 Å². The average molecular weight is 203 g/mol. The molecule has 0 amide bonds. The van der Waals surface area contributed by atoms with E-state index in [-0.39, 0.29) is 0 Å². The van der Waals surface area contributed by atoms with Crippen molar-refractivity contribution in [3.63, 3.8) is 0 Å². The van der Waals surface area contributed by atoms with Crippen LogP contribution in [-0.2, 0) is 10.0 Å². The standard InChI is InChI=1S/C9H17NO2S/c1-8-3-5-9(6-4-8)7-10-13(2,11)12/h7-9H,3-6H2,1-2H3. The van der Waals surface area contributed by atoms with Crippen molar-refractivity contribution in [2.45, 2.75) is 32.6 Å². The fourth-order valence-corrected chi connectivity index (χ4v) is 2.02. The van der Waals surface area contributed by atoms with Crippen molar-refractivity contribution in [1.29, 1.82) is 0 Å². The van der Waals surface area contributed by atoms with E-state index in [0.717, 1.165) is 25.0 Å². The predicted octanol–water partition coefficient (Wildman–Crippen LogP) is 1.84. The second kappa shape index (κ2) is 4.22. The lowest BCUT2D eigenvalue weighted by molar-refractivity contribution is 0.347. The first-order valence-electron chi connectivity index (χ1n) is 4.73. The van der Waals surface area contributed by atoms with Crippen LogP contribution in [0.2, 0.25) is 0 Å². The molecule has 0 N–H and O–H groups in total. The van der Waals surface area contributed by atoms with E-state index in [4.69, 9.17) is 0 Å². The SMILES string of the molecule is CC1CCC(C=NS(C)(=O)=O)CC1. The first-order chi connectivity index (χ1) is 5.97. The monoisotopic (exact) mass is 203 g/mol. The molecule has 1 fully saturated rings. The molecule has 0 unspecified atom stereocenters. The van der Waals surface area contributed by atoms with Gasteiger partial charge in [0.25, 0.3) is 0 Å². The second-order valence-electron chi connectivity index (χ2n) is 4.01. The van der Waals surface area contributed by atoms with E-state index in [2.05, 4.69) is 11.3 Å². The Morgan fingerprint density at radius 3 is 2.23 bits per heavy atom. The highest BCUT2D eigenvalue weighted by Crippen LogP contribution is 2.26. The Morgan fingerprint density at radius 1 is 1.23 bits per heavy atom. The molecule has 0 heterocycles. The lowest BCUT2D eigenvalue weighted by Gasteiger charge is -2.22. The number of hydrogen-bond donors (Lipinski definition) is 0. The molecule has 0 aromatic heterocycles. The summed E-state index contributed by atoms with van der Waals surface area (Å²) in [5.41, 5.74) is 0. The topological polar surface area (TPSA) is 46.5 Å². The van der Waals surface area contributed by atoms with Gasteiger partial charge in [0.05, 0.1) is 6.26 Å². The molecule has 1 saturated carbocycles. The molecule has 0 aromatic rings. The Balaban J connectivity index is 2.43. The third kappa shape index (κ3) is 4.41. The van der Waals surface area contributed by atoms with Crippen molar-refractivity contribution >= 4 is 16.2 Å². The number of nitrogens with zero attached hydrogens (tertiary/aromatic N) is 1. The number of rotatable bonds is 2. The normalized spacial score (nSPS) is 30.9. The van der Waals surface area contributed by atoms with Gasteiger partial charge in [-0.3, -0.25) is 0 Å². The lowest BCUT2D eigenvalue weighted by atomic mass is 9.84. The number of hydrogen-bond acceptors (Lipinski definition) is 2. The summed E-state index contributed by atoms with van der Waals surface area (Å²) in [7, 11) is -3.17. The Morgan fingerprint density at radius 2 is 1.77 bits per heavy atom. The van der Waals surface area contributed by atoms with Crippen molar-refractivity contribution < 1.29 is 8.42 Å². The highest BCUT2D eigenvalue weighted by Gasteiger charge is 2.16. The summed E-state index contributed by atoms with van der Waals surface area (Å²) < 4.78 is 25.0. The molecule has 0 atom stereocenters. The van der Waals surface area contributed by atoms with E-state index in [1.165, 1.54) is 12.8 Å². The molecular weight excluding hydrogens is 186 g/mol. The van der Waals surface area contributed by atoms with Crippen molar-refractivity contribution in [1.82, 2.24) is 0 Å². The summed E-state index contributed by atoms with van der Waals surface area (Å²) in [5, 5.41) is 0. The molecule has 0 aromatic carbocycles. The zero-order valence-electron chi connectivity index (χ0n) is 8.23. The largest absolute Gasteiger partial charge is 0.249 e. The summed E-state index contributed by atoms with van der Waals surface area (Å²) >= 11 is 0. The van der Waals surface area contributed by atoms with E-state index in [0.29, 0.717) is 5.92 Å². The molecule has 0 bridgehead atoms.